The first-order chi connectivity index (χ1) is 10.3. The number of nitrogens with zero attached hydrogens (tertiary/aromatic N) is 1. The first kappa shape index (κ1) is 16.3. The molecule has 1 aromatic heterocycles. The number of amides is 1. The Labute approximate surface area is 124 Å². The number of carbonyl (C=O) groups is 2. The van der Waals surface area contributed by atoms with Crippen molar-refractivity contribution in [3.63, 3.8) is 0 Å². The van der Waals surface area contributed by atoms with E-state index >= 15 is 0 Å². The van der Waals surface area contributed by atoms with Crippen molar-refractivity contribution in [2.45, 2.75) is 37.9 Å². The van der Waals surface area contributed by atoms with Gasteiger partial charge in [0.15, 0.2) is 0 Å². The monoisotopic (exact) mass is 316 g/mol. The molecule has 1 heterocycles. The fraction of sp³-hybridized carbons (Fsp3) is 0.500. The van der Waals surface area contributed by atoms with E-state index < -0.39 is 35.7 Å². The number of alkyl halides is 3. The van der Waals surface area contributed by atoms with Crippen molar-refractivity contribution >= 4 is 11.9 Å². The third-order valence-corrected chi connectivity index (χ3v) is 3.71. The zero-order chi connectivity index (χ0) is 16.3. The molecule has 1 unspecified atom stereocenters. The van der Waals surface area contributed by atoms with Crippen LogP contribution in [0, 0.1) is 5.92 Å². The van der Waals surface area contributed by atoms with Crippen LogP contribution in [0.4, 0.5) is 13.2 Å². The van der Waals surface area contributed by atoms with E-state index in [0.29, 0.717) is 25.7 Å². The van der Waals surface area contributed by atoms with Crippen molar-refractivity contribution in [1.29, 1.82) is 0 Å². The molecule has 8 heteroatoms. The van der Waals surface area contributed by atoms with Crippen LogP contribution in [0.3, 0.4) is 0 Å². The van der Waals surface area contributed by atoms with Gasteiger partial charge in [-0.25, -0.2) is 9.78 Å². The molecule has 1 aliphatic rings. The molecule has 1 aliphatic carbocycles. The van der Waals surface area contributed by atoms with Crippen molar-refractivity contribution in [3.05, 3.63) is 29.6 Å². The summed E-state index contributed by atoms with van der Waals surface area (Å²) in [5.74, 6) is -3.01. The SMILES string of the molecule is O=C(O)c1cccc(C(=O)NC(C2CCCC2)C(F)(F)F)n1. The van der Waals surface area contributed by atoms with Gasteiger partial charge in [-0.3, -0.25) is 4.79 Å². The van der Waals surface area contributed by atoms with Gasteiger partial charge in [-0.2, -0.15) is 13.2 Å². The van der Waals surface area contributed by atoms with Gasteiger partial charge in [-0.1, -0.05) is 18.9 Å². The molecule has 0 saturated heterocycles. The minimum absolute atomic E-state index is 0.341. The van der Waals surface area contributed by atoms with E-state index in [1.54, 1.807) is 0 Å². The topological polar surface area (TPSA) is 79.3 Å². The predicted molar refractivity (Wildman–Crippen MR) is 70.5 cm³/mol. The van der Waals surface area contributed by atoms with Crippen LogP contribution in [0.2, 0.25) is 0 Å². The average Bonchev–Trinajstić information content (AvgIpc) is 2.97. The summed E-state index contributed by atoms with van der Waals surface area (Å²) in [6.07, 6.45) is -2.31. The van der Waals surface area contributed by atoms with Crippen molar-refractivity contribution in [2.24, 2.45) is 5.92 Å². The highest BCUT2D eigenvalue weighted by atomic mass is 19.4. The lowest BCUT2D eigenvalue weighted by Crippen LogP contribution is -2.49. The highest BCUT2D eigenvalue weighted by Gasteiger charge is 2.46. The number of rotatable bonds is 4. The zero-order valence-electron chi connectivity index (χ0n) is 11.6. The molecule has 22 heavy (non-hydrogen) atoms. The number of carbonyl (C=O) groups excluding carboxylic acids is 1. The van der Waals surface area contributed by atoms with Crippen molar-refractivity contribution in [2.75, 3.05) is 0 Å². The minimum Gasteiger partial charge on any atom is -0.477 e. The molecule has 120 valence electrons. The Morgan fingerprint density at radius 2 is 1.82 bits per heavy atom. The molecular weight excluding hydrogens is 301 g/mol. The predicted octanol–water partition coefficient (Wildman–Crippen LogP) is 2.63. The molecule has 1 aromatic rings. The molecule has 0 radical (unpaired) electrons. The van der Waals surface area contributed by atoms with E-state index in [9.17, 15) is 22.8 Å². The van der Waals surface area contributed by atoms with Crippen LogP contribution in [-0.2, 0) is 0 Å². The number of pyridine rings is 1. The maximum absolute atomic E-state index is 13.1. The van der Waals surface area contributed by atoms with Gasteiger partial charge in [0.1, 0.15) is 17.4 Å². The van der Waals surface area contributed by atoms with E-state index in [1.807, 2.05) is 5.32 Å². The Morgan fingerprint density at radius 1 is 1.23 bits per heavy atom. The molecule has 1 fully saturated rings. The number of aromatic nitrogens is 1. The number of aromatic carboxylic acids is 1. The summed E-state index contributed by atoms with van der Waals surface area (Å²) in [6.45, 7) is 0. The van der Waals surface area contributed by atoms with Gasteiger partial charge in [0.05, 0.1) is 0 Å². The Bertz CT molecular complexity index is 569. The molecule has 5 nitrogen and oxygen atoms in total. The number of halogens is 3. The molecule has 0 aliphatic heterocycles. The van der Waals surface area contributed by atoms with E-state index in [1.165, 1.54) is 12.1 Å². The molecule has 1 amide bonds. The average molecular weight is 316 g/mol. The number of carboxylic acid groups (broad SMARTS) is 1. The van der Waals surface area contributed by atoms with Crippen LogP contribution in [-0.4, -0.2) is 34.2 Å². The van der Waals surface area contributed by atoms with Crippen LogP contribution in [0.1, 0.15) is 46.7 Å². The van der Waals surface area contributed by atoms with Crippen LogP contribution < -0.4 is 5.32 Å². The zero-order valence-corrected chi connectivity index (χ0v) is 11.6. The number of nitrogens with one attached hydrogen (secondary N) is 1. The van der Waals surface area contributed by atoms with Gasteiger partial charge in [0.25, 0.3) is 5.91 Å². The first-order valence-electron chi connectivity index (χ1n) is 6.87. The number of hydrogen-bond acceptors (Lipinski definition) is 3. The summed E-state index contributed by atoms with van der Waals surface area (Å²) in [5.41, 5.74) is -0.732. The third kappa shape index (κ3) is 3.75. The molecule has 1 atom stereocenters. The Kier molecular flexibility index (Phi) is 4.68. The summed E-state index contributed by atoms with van der Waals surface area (Å²) in [6, 6.07) is 1.68. The first-order valence-corrected chi connectivity index (χ1v) is 6.87. The molecule has 2 N–H and O–H groups in total. The summed E-state index contributed by atoms with van der Waals surface area (Å²) >= 11 is 0. The van der Waals surface area contributed by atoms with Crippen LogP contribution >= 0.6 is 0 Å². The highest BCUT2D eigenvalue weighted by Crippen LogP contribution is 2.35. The quantitative estimate of drug-likeness (QED) is 0.895. The smallest absolute Gasteiger partial charge is 0.408 e. The van der Waals surface area contributed by atoms with E-state index in [4.69, 9.17) is 5.11 Å². The van der Waals surface area contributed by atoms with Crippen molar-refractivity contribution < 1.29 is 27.9 Å². The molecule has 0 spiro atoms. The van der Waals surface area contributed by atoms with Gasteiger partial charge in [0, 0.05) is 0 Å². The van der Waals surface area contributed by atoms with Gasteiger partial charge < -0.3 is 10.4 Å². The lowest BCUT2D eigenvalue weighted by Gasteiger charge is -2.26. The van der Waals surface area contributed by atoms with Crippen molar-refractivity contribution in [1.82, 2.24) is 10.3 Å². The molecule has 0 bridgehead atoms. The lowest BCUT2D eigenvalue weighted by atomic mass is 9.97. The Balaban J connectivity index is 2.17. The summed E-state index contributed by atoms with van der Waals surface area (Å²) in [4.78, 5) is 26.3. The van der Waals surface area contributed by atoms with Crippen LogP contribution in [0.5, 0.6) is 0 Å². The van der Waals surface area contributed by atoms with E-state index in [-0.39, 0.29) is 5.69 Å². The molecule has 1 saturated carbocycles. The molecular formula is C14H15F3N2O3. The van der Waals surface area contributed by atoms with Crippen molar-refractivity contribution in [3.8, 4) is 0 Å². The second-order valence-electron chi connectivity index (χ2n) is 5.25. The van der Waals surface area contributed by atoms with E-state index in [0.717, 1.165) is 6.07 Å². The second-order valence-corrected chi connectivity index (χ2v) is 5.25. The fourth-order valence-electron chi connectivity index (χ4n) is 2.65. The van der Waals surface area contributed by atoms with Crippen LogP contribution in [0.15, 0.2) is 18.2 Å². The maximum Gasteiger partial charge on any atom is 0.408 e. The van der Waals surface area contributed by atoms with Crippen LogP contribution in [0.25, 0.3) is 0 Å². The highest BCUT2D eigenvalue weighted by molar-refractivity contribution is 5.94. The van der Waals surface area contributed by atoms with Gasteiger partial charge >= 0.3 is 12.1 Å². The van der Waals surface area contributed by atoms with Gasteiger partial charge in [-0.05, 0) is 30.9 Å². The number of hydrogen-bond donors (Lipinski definition) is 2. The maximum atomic E-state index is 13.1. The summed E-state index contributed by atoms with van der Waals surface area (Å²) < 4.78 is 39.4. The second kappa shape index (κ2) is 6.33. The van der Waals surface area contributed by atoms with Gasteiger partial charge in [-0.15, -0.1) is 0 Å². The Hall–Kier alpha value is -2.12. The minimum atomic E-state index is -4.55. The molecule has 0 aromatic carbocycles. The summed E-state index contributed by atoms with van der Waals surface area (Å²) in [5, 5.41) is 10.8. The van der Waals surface area contributed by atoms with Gasteiger partial charge in [0.2, 0.25) is 0 Å². The molecule has 2 rings (SSSR count). The fourth-order valence-corrected chi connectivity index (χ4v) is 2.65. The largest absolute Gasteiger partial charge is 0.477 e. The third-order valence-electron chi connectivity index (χ3n) is 3.71. The summed E-state index contributed by atoms with van der Waals surface area (Å²) in [7, 11) is 0. The standard InChI is InChI=1S/C14H15F3N2O3/c15-14(16,17)11(8-4-1-2-5-8)19-12(20)9-6-3-7-10(18-9)13(21)22/h3,6-8,11H,1-2,4-5H2,(H,19,20)(H,21,22). The normalized spacial score (nSPS) is 17.2. The lowest BCUT2D eigenvalue weighted by molar-refractivity contribution is -0.164. The van der Waals surface area contributed by atoms with E-state index in [2.05, 4.69) is 4.98 Å². The Morgan fingerprint density at radius 3 is 2.36 bits per heavy atom. The number of carboxylic acids is 1.